The summed E-state index contributed by atoms with van der Waals surface area (Å²) >= 11 is 0. The van der Waals surface area contributed by atoms with Crippen molar-refractivity contribution >= 4 is 70.1 Å². The number of anilines is 1. The van der Waals surface area contributed by atoms with Gasteiger partial charge in [-0.25, -0.2) is 28.6 Å². The van der Waals surface area contributed by atoms with Crippen LogP contribution < -0.4 is 42.6 Å². The number of pyridine rings is 2. The molecule has 5 aromatic rings. The van der Waals surface area contributed by atoms with Crippen LogP contribution in [0.3, 0.4) is 0 Å². The maximum Gasteiger partial charge on any atom is 0.514 e. The number of aryl methyl sites for hydroxylation is 1. The zero-order valence-corrected chi connectivity index (χ0v) is 52.7. The van der Waals surface area contributed by atoms with Crippen LogP contribution in [-0.4, -0.2) is 127 Å². The number of rotatable bonds is 33. The number of nitrogens with two attached hydrogens (primary N) is 1. The Kier molecular flexibility index (Phi) is 24.3. The van der Waals surface area contributed by atoms with Gasteiger partial charge in [-0.1, -0.05) is 52.0 Å². The van der Waals surface area contributed by atoms with Crippen molar-refractivity contribution in [2.75, 3.05) is 58.0 Å². The van der Waals surface area contributed by atoms with Crippen molar-refractivity contribution in [3.05, 3.63) is 121 Å². The van der Waals surface area contributed by atoms with E-state index in [-0.39, 0.29) is 119 Å². The molecule has 498 valence electrons. The topological polar surface area (TPSA) is 360 Å². The third-order valence-electron chi connectivity index (χ3n) is 16.3. The molecule has 26 nitrogen and oxygen atoms in total. The second-order valence-electron chi connectivity index (χ2n) is 23.3. The number of nitrogens with one attached hydrogen (secondary N) is 5. The molecule has 0 fully saturated rings. The molecule has 0 radical (unpaired) electrons. The first kappa shape index (κ1) is 69.7. The van der Waals surface area contributed by atoms with Crippen LogP contribution in [0.15, 0.2) is 65.5 Å². The Bertz CT molecular complexity index is 3670. The fourth-order valence-electron chi connectivity index (χ4n) is 11.3. The van der Waals surface area contributed by atoms with Crippen LogP contribution >= 0.6 is 0 Å². The number of hydrogen-bond donors (Lipinski definition) is 7. The van der Waals surface area contributed by atoms with Gasteiger partial charge in [0.05, 0.1) is 74.1 Å². The largest absolute Gasteiger partial charge is 0.514 e. The number of amides is 6. The number of nitrogens with zero attached hydrogens (tertiary/aromatic N) is 2. The zero-order chi connectivity index (χ0) is 66.9. The molecule has 93 heavy (non-hydrogen) atoms. The number of Topliss-reactive ketones (excluding diaryl/α,β-unsaturated/α-hetero) is 2. The molecule has 3 aliphatic rings. The predicted molar refractivity (Wildman–Crippen MR) is 333 cm³/mol. The molecule has 0 bridgehead atoms. The normalized spacial score (nSPS) is 15.8. The molecule has 8 N–H and O–H groups in total. The van der Waals surface area contributed by atoms with E-state index in [2.05, 4.69) is 26.6 Å². The molecular formula is C66H79FN8O18. The van der Waals surface area contributed by atoms with Gasteiger partial charge in [-0.2, -0.15) is 0 Å². The fraction of sp³-hybridized carbons (Fsp3) is 0.470. The van der Waals surface area contributed by atoms with Crippen LogP contribution in [0, 0.1) is 24.6 Å². The van der Waals surface area contributed by atoms with Gasteiger partial charge in [-0.15, -0.1) is 0 Å². The van der Waals surface area contributed by atoms with E-state index in [9.17, 15) is 53.1 Å². The van der Waals surface area contributed by atoms with E-state index in [1.807, 2.05) is 6.92 Å². The Morgan fingerprint density at radius 2 is 1.55 bits per heavy atom. The van der Waals surface area contributed by atoms with Gasteiger partial charge in [0.15, 0.2) is 17.2 Å². The number of carbonyl (C=O) groups is 9. The summed E-state index contributed by atoms with van der Waals surface area (Å²) in [4.78, 5) is 134. The standard InChI is InChI=1S/C66H79FN8O18/c1-6-23-87-26-27-88-25-21-54(78)74-58(37(3)4)53(77)28-41(9-8-22-69-63(68)83)60(80)71-42-14-10-39(11-15-42)34-92-65(85)93-44-16-12-40(13-17-44)33-91-64(84)70-31-43(76)20-24-89-36-55(79)72-50-19-18-45-38(5)49(67)30-51-56(45)57(50)46-32-75-52(59(46)73-51)29-48-47(61(75)81)35-90-62(82)66(48,86)7-2/h10-17,29-30,37,41,50,58,86H,6-9,18-28,31-36H2,1-5H3,(H,70,84)(H,71,80)(H,72,79)(H,74,78)(H3,68,69,83)/t41-,50+,58+,66+/m1/s1. The summed E-state index contributed by atoms with van der Waals surface area (Å²) in [5.41, 5.74) is 7.97. The van der Waals surface area contributed by atoms with Gasteiger partial charge in [0.1, 0.15) is 38.0 Å². The second-order valence-corrected chi connectivity index (χ2v) is 23.3. The minimum Gasteiger partial charge on any atom is -0.458 e. The minimum atomic E-state index is -2.05. The minimum absolute atomic E-state index is 0.0382. The van der Waals surface area contributed by atoms with Crippen LogP contribution in [0.2, 0.25) is 0 Å². The van der Waals surface area contributed by atoms with Gasteiger partial charge in [-0.05, 0) is 110 Å². The van der Waals surface area contributed by atoms with Crippen LogP contribution in [0.4, 0.5) is 24.5 Å². The number of hydrogen-bond acceptors (Lipinski definition) is 19. The number of benzene rings is 3. The second kappa shape index (κ2) is 32.4. The molecule has 2 aromatic heterocycles. The summed E-state index contributed by atoms with van der Waals surface area (Å²) in [6.45, 7) is 9.00. The van der Waals surface area contributed by atoms with E-state index in [0.717, 1.165) is 12.0 Å². The number of aliphatic hydroxyl groups is 1. The van der Waals surface area contributed by atoms with Crippen LogP contribution in [-0.2, 0) is 95.6 Å². The Balaban J connectivity index is 0.733. The molecule has 0 spiro atoms. The highest BCUT2D eigenvalue weighted by molar-refractivity contribution is 5.98. The lowest BCUT2D eigenvalue weighted by molar-refractivity contribution is -0.172. The number of halogens is 1. The van der Waals surface area contributed by atoms with Crippen molar-refractivity contribution in [2.24, 2.45) is 17.6 Å². The number of ketones is 2. The highest BCUT2D eigenvalue weighted by atomic mass is 19.1. The van der Waals surface area contributed by atoms with Crippen molar-refractivity contribution in [1.29, 1.82) is 0 Å². The number of primary amides is 1. The summed E-state index contributed by atoms with van der Waals surface area (Å²) in [6.07, 6.45) is 0.0299. The summed E-state index contributed by atoms with van der Waals surface area (Å²) < 4.78 is 54.3. The number of esters is 1. The molecule has 3 aromatic carbocycles. The maximum atomic E-state index is 15.4. The Labute approximate surface area is 535 Å². The number of urea groups is 1. The number of aromatic nitrogens is 2. The van der Waals surface area contributed by atoms with E-state index in [4.69, 9.17) is 43.9 Å². The molecule has 0 saturated carbocycles. The fourth-order valence-corrected chi connectivity index (χ4v) is 11.3. The maximum absolute atomic E-state index is 15.4. The van der Waals surface area contributed by atoms with Gasteiger partial charge in [-0.3, -0.25) is 28.8 Å². The van der Waals surface area contributed by atoms with Gasteiger partial charge < -0.3 is 75.1 Å². The third-order valence-corrected chi connectivity index (χ3v) is 16.3. The first-order valence-electron chi connectivity index (χ1n) is 31.0. The van der Waals surface area contributed by atoms with Gasteiger partial charge >= 0.3 is 24.2 Å². The molecule has 4 heterocycles. The molecule has 27 heteroatoms. The average molecular weight is 1290 g/mol. The van der Waals surface area contributed by atoms with E-state index in [0.29, 0.717) is 94.9 Å². The molecular weight excluding hydrogens is 1210 g/mol. The van der Waals surface area contributed by atoms with Crippen molar-refractivity contribution in [3.8, 4) is 17.1 Å². The SMILES string of the molecule is CCCOCCOCCC(=O)N[C@H](C(=O)C[C@@H](CCCNC(N)=O)C(=O)Nc1ccc(COC(=O)Oc2ccc(COC(=O)NCC(=O)CCOCC(=O)N[C@H]3CCc4c(C)c(F)cc5nc6c(c3c45)Cn3c-6cc4c(c3=O)COC(=O)[C@]4(O)CC)cc2)cc1)C(C)C. The molecule has 8 rings (SSSR count). The molecule has 4 atom stereocenters. The van der Waals surface area contributed by atoms with E-state index < -0.39 is 83.4 Å². The van der Waals surface area contributed by atoms with Gasteiger partial charge in [0.2, 0.25) is 17.7 Å². The quantitative estimate of drug-likeness (QED) is 0.0105. The number of fused-ring (bicyclic) bond motifs is 5. The van der Waals surface area contributed by atoms with Crippen molar-refractivity contribution in [3.63, 3.8) is 0 Å². The first-order valence-corrected chi connectivity index (χ1v) is 31.0. The van der Waals surface area contributed by atoms with E-state index in [1.165, 1.54) is 22.8 Å². The monoisotopic (exact) mass is 1290 g/mol. The Morgan fingerprint density at radius 3 is 2.25 bits per heavy atom. The van der Waals surface area contributed by atoms with Crippen LogP contribution in [0.5, 0.6) is 5.75 Å². The first-order chi connectivity index (χ1) is 44.6. The number of cyclic esters (lactones) is 1. The van der Waals surface area contributed by atoms with Crippen LogP contribution in [0.25, 0.3) is 22.3 Å². The van der Waals surface area contributed by atoms with Gasteiger partial charge in [0, 0.05) is 66.6 Å². The van der Waals surface area contributed by atoms with E-state index in [1.54, 1.807) is 70.2 Å². The molecule has 1 aliphatic carbocycles. The highest BCUT2D eigenvalue weighted by Crippen LogP contribution is 2.46. The third kappa shape index (κ3) is 17.9. The average Bonchev–Trinajstić information content (AvgIpc) is 1.62. The van der Waals surface area contributed by atoms with Crippen molar-refractivity contribution < 1.29 is 85.8 Å². The summed E-state index contributed by atoms with van der Waals surface area (Å²) in [6, 6.07) is 13.2. The number of carbonyl (C=O) groups excluding carboxylic acids is 9. The Hall–Kier alpha value is -9.18. The van der Waals surface area contributed by atoms with E-state index >= 15 is 4.39 Å². The lowest BCUT2D eigenvalue weighted by Gasteiger charge is -2.31. The molecule has 0 unspecified atom stereocenters. The van der Waals surface area contributed by atoms with Gasteiger partial charge in [0.25, 0.3) is 5.56 Å². The lowest BCUT2D eigenvalue weighted by atomic mass is 9.81. The summed E-state index contributed by atoms with van der Waals surface area (Å²) in [5, 5.41) is 25.5. The number of ether oxygens (including phenoxy) is 7. The van der Waals surface area contributed by atoms with Crippen molar-refractivity contribution in [1.82, 2.24) is 30.8 Å². The summed E-state index contributed by atoms with van der Waals surface area (Å²) in [5.74, 6) is -4.35. The van der Waals surface area contributed by atoms with Crippen LogP contribution in [0.1, 0.15) is 130 Å². The smallest absolute Gasteiger partial charge is 0.458 e. The predicted octanol–water partition coefficient (Wildman–Crippen LogP) is 6.18. The molecule has 0 saturated heterocycles. The molecule has 6 amide bonds. The van der Waals surface area contributed by atoms with Crippen molar-refractivity contribution in [2.45, 2.75) is 136 Å². The molecule has 2 aliphatic heterocycles. The highest BCUT2D eigenvalue weighted by Gasteiger charge is 2.46. The Morgan fingerprint density at radius 1 is 0.849 bits per heavy atom. The summed E-state index contributed by atoms with van der Waals surface area (Å²) in [7, 11) is 0. The number of alkyl carbamates (subject to hydrolysis) is 1. The lowest BCUT2D eigenvalue weighted by Crippen LogP contribution is -2.45. The zero-order valence-electron chi connectivity index (χ0n) is 52.7.